The van der Waals surface area contributed by atoms with Crippen LogP contribution < -0.4 is 15.3 Å². The number of nitrogens with one attached hydrogen (secondary N) is 1. The van der Waals surface area contributed by atoms with Gasteiger partial charge in [0.15, 0.2) is 0 Å². The largest absolute Gasteiger partial charge is 0.549 e. The van der Waals surface area contributed by atoms with Gasteiger partial charge >= 0.3 is 0 Å². The van der Waals surface area contributed by atoms with Gasteiger partial charge in [0.25, 0.3) is 5.91 Å². The van der Waals surface area contributed by atoms with Gasteiger partial charge in [0.2, 0.25) is 0 Å². The first-order valence-electron chi connectivity index (χ1n) is 8.83. The predicted octanol–water partition coefficient (Wildman–Crippen LogP) is 2.39. The van der Waals surface area contributed by atoms with Gasteiger partial charge in [-0.3, -0.25) is 4.79 Å². The lowest BCUT2D eigenvalue weighted by atomic mass is 10.1. The van der Waals surface area contributed by atoms with E-state index in [1.807, 2.05) is 24.3 Å². The molecule has 0 aliphatic heterocycles. The zero-order chi connectivity index (χ0) is 20.5. The lowest BCUT2D eigenvalue weighted by Gasteiger charge is -2.11. The monoisotopic (exact) mass is 399 g/mol. The van der Waals surface area contributed by atoms with Gasteiger partial charge in [-0.25, -0.2) is 5.43 Å². The first-order chi connectivity index (χ1) is 13.4. The predicted molar refractivity (Wildman–Crippen MR) is 110 cm³/mol. The molecule has 0 heterocycles. The van der Waals surface area contributed by atoms with Gasteiger partial charge in [-0.1, -0.05) is 19.1 Å². The van der Waals surface area contributed by atoms with E-state index < -0.39 is 5.97 Å². The number of benzene rings is 2. The number of aryl methyl sites for hydroxylation is 1. The normalized spacial score (nSPS) is 11.2. The fourth-order valence-electron chi connectivity index (χ4n) is 2.52. The minimum Gasteiger partial charge on any atom is -0.549 e. The van der Waals surface area contributed by atoms with Crippen LogP contribution in [0.1, 0.15) is 40.9 Å². The second-order valence-electron chi connectivity index (χ2n) is 6.08. The van der Waals surface area contributed by atoms with Crippen molar-refractivity contribution in [2.45, 2.75) is 26.0 Å². The Morgan fingerprint density at radius 1 is 1.14 bits per heavy atom. The van der Waals surface area contributed by atoms with Crippen LogP contribution in [-0.4, -0.2) is 30.5 Å². The smallest absolute Gasteiger partial charge is 0.271 e. The minimum absolute atomic E-state index is 0.0899. The molecule has 1 amide bonds. The highest BCUT2D eigenvalue weighted by Gasteiger charge is 2.08. The van der Waals surface area contributed by atoms with Crippen LogP contribution in [0, 0.1) is 0 Å². The average molecular weight is 399 g/mol. The van der Waals surface area contributed by atoms with E-state index >= 15 is 0 Å². The third-order valence-electron chi connectivity index (χ3n) is 4.13. The van der Waals surface area contributed by atoms with Gasteiger partial charge < -0.3 is 14.6 Å². The SMILES string of the molecule is CCc1ccc(C(=O)N/N=C(/C)c2ccc(OC)c(CSCC(=O)[O-])c2)cc1. The number of ether oxygens (including phenoxy) is 1. The zero-order valence-electron chi connectivity index (χ0n) is 16.2. The van der Waals surface area contributed by atoms with Crippen molar-refractivity contribution in [2.75, 3.05) is 12.9 Å². The first-order valence-corrected chi connectivity index (χ1v) is 9.98. The van der Waals surface area contributed by atoms with E-state index in [9.17, 15) is 14.7 Å². The molecule has 0 saturated heterocycles. The first kappa shape index (κ1) is 21.5. The Labute approximate surface area is 169 Å². The summed E-state index contributed by atoms with van der Waals surface area (Å²) < 4.78 is 5.33. The maximum Gasteiger partial charge on any atom is 0.271 e. The number of hydrazone groups is 1. The number of carboxylic acids is 1. The molecule has 2 aromatic carbocycles. The van der Waals surface area contributed by atoms with Crippen molar-refractivity contribution in [1.29, 1.82) is 0 Å². The molecule has 0 aliphatic rings. The summed E-state index contributed by atoms with van der Waals surface area (Å²) >= 11 is 1.23. The molecule has 0 aromatic heterocycles. The van der Waals surface area contributed by atoms with Crippen molar-refractivity contribution in [3.63, 3.8) is 0 Å². The highest BCUT2D eigenvalue weighted by Crippen LogP contribution is 2.24. The second-order valence-corrected chi connectivity index (χ2v) is 7.07. The fraction of sp³-hybridized carbons (Fsp3) is 0.286. The van der Waals surface area contributed by atoms with Crippen molar-refractivity contribution in [3.05, 3.63) is 64.7 Å². The molecule has 0 unspecified atom stereocenters. The molecule has 2 rings (SSSR count). The topological polar surface area (TPSA) is 90.8 Å². The number of hydrogen-bond acceptors (Lipinski definition) is 6. The summed E-state index contributed by atoms with van der Waals surface area (Å²) in [6.45, 7) is 3.85. The number of hydrogen-bond donors (Lipinski definition) is 1. The van der Waals surface area contributed by atoms with Crippen LogP contribution >= 0.6 is 11.8 Å². The number of amides is 1. The Kier molecular flexibility index (Phi) is 8.07. The summed E-state index contributed by atoms with van der Waals surface area (Å²) in [5, 5.41) is 14.8. The molecule has 28 heavy (non-hydrogen) atoms. The van der Waals surface area contributed by atoms with E-state index in [0.717, 1.165) is 17.5 Å². The number of thioether (sulfide) groups is 1. The van der Waals surface area contributed by atoms with E-state index in [0.29, 0.717) is 22.8 Å². The van der Waals surface area contributed by atoms with Crippen molar-refractivity contribution in [2.24, 2.45) is 5.10 Å². The number of aliphatic carboxylic acids is 1. The Morgan fingerprint density at radius 3 is 2.43 bits per heavy atom. The molecule has 6 nitrogen and oxygen atoms in total. The van der Waals surface area contributed by atoms with Gasteiger partial charge in [0.1, 0.15) is 5.75 Å². The van der Waals surface area contributed by atoms with E-state index in [4.69, 9.17) is 4.74 Å². The Balaban J connectivity index is 2.09. The van der Waals surface area contributed by atoms with Crippen LogP contribution in [0.4, 0.5) is 0 Å². The van der Waals surface area contributed by atoms with Gasteiger partial charge in [-0.15, -0.1) is 0 Å². The molecule has 7 heteroatoms. The van der Waals surface area contributed by atoms with Crippen LogP contribution in [0.5, 0.6) is 5.75 Å². The summed E-state index contributed by atoms with van der Waals surface area (Å²) in [7, 11) is 1.56. The molecule has 0 aliphatic carbocycles. The number of carbonyl (C=O) groups excluding carboxylic acids is 2. The summed E-state index contributed by atoms with van der Waals surface area (Å²) in [6.07, 6.45) is 0.917. The summed E-state index contributed by atoms with van der Waals surface area (Å²) in [5.74, 6) is -0.336. The maximum absolute atomic E-state index is 12.2. The molecule has 0 bridgehead atoms. The molecule has 148 valence electrons. The van der Waals surface area contributed by atoms with Crippen LogP contribution in [0.15, 0.2) is 47.6 Å². The summed E-state index contributed by atoms with van der Waals surface area (Å²) in [5.41, 5.74) is 6.57. The van der Waals surface area contributed by atoms with Gasteiger partial charge in [0.05, 0.1) is 18.8 Å². The molecular weight excluding hydrogens is 376 g/mol. The number of rotatable bonds is 9. The Bertz CT molecular complexity index is 863. The van der Waals surface area contributed by atoms with Crippen molar-refractivity contribution >= 4 is 29.4 Å². The Morgan fingerprint density at radius 2 is 1.82 bits per heavy atom. The average Bonchev–Trinajstić information content (AvgIpc) is 2.71. The third kappa shape index (κ3) is 6.13. The van der Waals surface area contributed by atoms with Gasteiger partial charge in [-0.05, 0) is 54.8 Å². The van der Waals surface area contributed by atoms with E-state index in [2.05, 4.69) is 17.5 Å². The van der Waals surface area contributed by atoms with Crippen molar-refractivity contribution in [3.8, 4) is 5.75 Å². The lowest BCUT2D eigenvalue weighted by Crippen LogP contribution is -2.24. The third-order valence-corrected chi connectivity index (χ3v) is 5.08. The van der Waals surface area contributed by atoms with E-state index in [1.54, 1.807) is 32.2 Å². The van der Waals surface area contributed by atoms with Crippen LogP contribution in [-0.2, 0) is 17.0 Å². The fourth-order valence-corrected chi connectivity index (χ4v) is 3.23. The number of carboxylic acid groups (broad SMARTS) is 1. The molecule has 0 atom stereocenters. The standard InChI is InChI=1S/C21H24N2O4S/c1-4-15-5-7-16(8-6-15)21(26)23-22-14(2)17-9-10-19(27-3)18(11-17)12-28-13-20(24)25/h5-11H,4,12-13H2,1-3H3,(H,23,26)(H,24,25)/p-1/b22-14-. The summed E-state index contributed by atoms with van der Waals surface area (Å²) in [4.78, 5) is 22.8. The Hall–Kier alpha value is -2.80. The van der Waals surface area contributed by atoms with E-state index in [-0.39, 0.29) is 11.7 Å². The number of carbonyl (C=O) groups is 2. The van der Waals surface area contributed by atoms with E-state index in [1.165, 1.54) is 17.3 Å². The quantitative estimate of drug-likeness (QED) is 0.516. The van der Waals surface area contributed by atoms with Crippen LogP contribution in [0.25, 0.3) is 0 Å². The highest BCUT2D eigenvalue weighted by molar-refractivity contribution is 7.99. The molecule has 0 saturated carbocycles. The zero-order valence-corrected chi connectivity index (χ0v) is 17.0. The molecular formula is C21H23N2O4S-. The van der Waals surface area contributed by atoms with Gasteiger partial charge in [0, 0.05) is 22.6 Å². The van der Waals surface area contributed by atoms with Crippen LogP contribution in [0.2, 0.25) is 0 Å². The lowest BCUT2D eigenvalue weighted by molar-refractivity contribution is -0.301. The molecule has 0 fully saturated rings. The maximum atomic E-state index is 12.2. The molecule has 0 radical (unpaired) electrons. The second kappa shape index (κ2) is 10.5. The molecule has 0 spiro atoms. The van der Waals surface area contributed by atoms with Crippen molar-refractivity contribution in [1.82, 2.24) is 5.43 Å². The van der Waals surface area contributed by atoms with Crippen LogP contribution in [0.3, 0.4) is 0 Å². The number of methoxy groups -OCH3 is 1. The molecule has 1 N–H and O–H groups in total. The number of nitrogens with zero attached hydrogens (tertiary/aromatic N) is 1. The minimum atomic E-state index is -1.10. The van der Waals surface area contributed by atoms with Gasteiger partial charge in [-0.2, -0.15) is 16.9 Å². The molecule has 2 aromatic rings. The summed E-state index contributed by atoms with van der Waals surface area (Å²) in [6, 6.07) is 12.9. The van der Waals surface area contributed by atoms with Crippen molar-refractivity contribution < 1.29 is 19.4 Å². The highest BCUT2D eigenvalue weighted by atomic mass is 32.2.